The van der Waals surface area contributed by atoms with Crippen molar-refractivity contribution in [2.24, 2.45) is 0 Å². The monoisotopic (exact) mass is 362 g/mol. The molecule has 2 aromatic rings. The molecule has 0 unspecified atom stereocenters. The molecular weight excluding hydrogens is 340 g/mol. The van der Waals surface area contributed by atoms with Gasteiger partial charge in [0.15, 0.2) is 0 Å². The summed E-state index contributed by atoms with van der Waals surface area (Å²) in [6.45, 7) is 1.83. The molecule has 138 valence electrons. The molecule has 27 heavy (non-hydrogen) atoms. The number of carbonyl (C=O) groups excluding carboxylic acids is 2. The van der Waals surface area contributed by atoms with E-state index in [-0.39, 0.29) is 18.4 Å². The molecule has 2 aliphatic rings. The number of nitrogens with zero attached hydrogens (tertiary/aromatic N) is 2. The molecule has 2 amide bonds. The molecule has 1 fully saturated rings. The number of ether oxygens (including phenoxy) is 1. The molecule has 4 rings (SSSR count). The van der Waals surface area contributed by atoms with Gasteiger partial charge in [0.1, 0.15) is 11.4 Å². The molecule has 0 radical (unpaired) electrons. The van der Waals surface area contributed by atoms with Crippen molar-refractivity contribution in [2.75, 3.05) is 20.2 Å². The summed E-state index contributed by atoms with van der Waals surface area (Å²) in [6.07, 6.45) is 2.08. The van der Waals surface area contributed by atoms with Gasteiger partial charge in [0.2, 0.25) is 0 Å². The molecule has 5 nitrogen and oxygen atoms in total. The molecule has 1 saturated heterocycles. The van der Waals surface area contributed by atoms with Gasteiger partial charge < -0.3 is 9.64 Å². The Hall–Kier alpha value is -3.08. The second kappa shape index (κ2) is 7.27. The molecule has 2 heterocycles. The topological polar surface area (TPSA) is 49.9 Å². The number of benzene rings is 2. The second-order valence-corrected chi connectivity index (χ2v) is 6.79. The number of carbonyl (C=O) groups is 2. The number of hydrogen-bond acceptors (Lipinski definition) is 4. The van der Waals surface area contributed by atoms with Gasteiger partial charge in [-0.25, -0.2) is 0 Å². The van der Waals surface area contributed by atoms with Gasteiger partial charge in [-0.2, -0.15) is 0 Å². The predicted octanol–water partition coefficient (Wildman–Crippen LogP) is 3.07. The van der Waals surface area contributed by atoms with Crippen LogP contribution in [0.2, 0.25) is 0 Å². The van der Waals surface area contributed by atoms with E-state index in [1.807, 2.05) is 54.6 Å². The largest absolute Gasteiger partial charge is 0.496 e. The van der Waals surface area contributed by atoms with Crippen LogP contribution in [0, 0.1) is 0 Å². The van der Waals surface area contributed by atoms with Crippen molar-refractivity contribution in [1.82, 2.24) is 9.80 Å². The Morgan fingerprint density at radius 3 is 2.26 bits per heavy atom. The van der Waals surface area contributed by atoms with Crippen molar-refractivity contribution < 1.29 is 14.3 Å². The molecule has 0 atom stereocenters. The van der Waals surface area contributed by atoms with Gasteiger partial charge in [-0.3, -0.25) is 14.5 Å². The quantitative estimate of drug-likeness (QED) is 0.767. The normalized spacial score (nSPS) is 17.2. The Kier molecular flexibility index (Phi) is 4.67. The van der Waals surface area contributed by atoms with Gasteiger partial charge in [0.25, 0.3) is 11.8 Å². The maximum absolute atomic E-state index is 13.3. The summed E-state index contributed by atoms with van der Waals surface area (Å²) in [7, 11) is 1.59. The summed E-state index contributed by atoms with van der Waals surface area (Å²) < 4.78 is 5.39. The fourth-order valence-corrected chi connectivity index (χ4v) is 3.81. The fourth-order valence-electron chi connectivity index (χ4n) is 3.81. The van der Waals surface area contributed by atoms with Crippen molar-refractivity contribution in [1.29, 1.82) is 0 Å². The number of rotatable bonds is 5. The zero-order valence-corrected chi connectivity index (χ0v) is 15.4. The minimum absolute atomic E-state index is 0.204. The van der Waals surface area contributed by atoms with Crippen molar-refractivity contribution >= 4 is 17.4 Å². The zero-order chi connectivity index (χ0) is 18.8. The Balaban J connectivity index is 1.73. The molecular formula is C22H22N2O3. The minimum Gasteiger partial charge on any atom is -0.496 e. The first-order valence-corrected chi connectivity index (χ1v) is 9.23. The molecule has 0 saturated carbocycles. The highest BCUT2D eigenvalue weighted by molar-refractivity contribution is 6.35. The van der Waals surface area contributed by atoms with E-state index in [9.17, 15) is 9.59 Å². The van der Waals surface area contributed by atoms with Crippen molar-refractivity contribution in [3.05, 3.63) is 71.4 Å². The van der Waals surface area contributed by atoms with Crippen LogP contribution >= 0.6 is 0 Å². The third-order valence-electron chi connectivity index (χ3n) is 5.15. The first kappa shape index (κ1) is 17.3. The van der Waals surface area contributed by atoms with Crippen LogP contribution in [0.15, 0.2) is 60.3 Å². The smallest absolute Gasteiger partial charge is 0.278 e. The third kappa shape index (κ3) is 3.10. The lowest BCUT2D eigenvalue weighted by Gasteiger charge is -2.20. The number of para-hydroxylation sites is 1. The minimum atomic E-state index is -0.237. The van der Waals surface area contributed by atoms with Gasteiger partial charge in [0, 0.05) is 18.7 Å². The highest BCUT2D eigenvalue weighted by atomic mass is 16.5. The molecule has 0 bridgehead atoms. The van der Waals surface area contributed by atoms with Crippen molar-refractivity contribution in [3.8, 4) is 5.75 Å². The van der Waals surface area contributed by atoms with Crippen molar-refractivity contribution in [2.45, 2.75) is 19.4 Å². The molecule has 2 aliphatic heterocycles. The Morgan fingerprint density at radius 1 is 0.889 bits per heavy atom. The number of imide groups is 1. The molecule has 0 N–H and O–H groups in total. The van der Waals surface area contributed by atoms with Gasteiger partial charge in [-0.05, 0) is 24.5 Å². The molecule has 0 aromatic heterocycles. The second-order valence-electron chi connectivity index (χ2n) is 6.79. The highest BCUT2D eigenvalue weighted by Gasteiger charge is 2.42. The Morgan fingerprint density at radius 2 is 1.56 bits per heavy atom. The fraction of sp³-hybridized carbons (Fsp3) is 0.273. The maximum atomic E-state index is 13.3. The summed E-state index contributed by atoms with van der Waals surface area (Å²) in [5, 5.41) is 0. The van der Waals surface area contributed by atoms with E-state index in [0.717, 1.165) is 37.1 Å². The van der Waals surface area contributed by atoms with E-state index in [1.54, 1.807) is 7.11 Å². The lowest BCUT2D eigenvalue weighted by molar-refractivity contribution is -0.138. The predicted molar refractivity (Wildman–Crippen MR) is 103 cm³/mol. The van der Waals surface area contributed by atoms with Crippen LogP contribution in [0.5, 0.6) is 5.75 Å². The number of amides is 2. The molecule has 5 heteroatoms. The first-order valence-electron chi connectivity index (χ1n) is 9.23. The summed E-state index contributed by atoms with van der Waals surface area (Å²) in [6, 6.07) is 17.0. The Bertz CT molecular complexity index is 899. The van der Waals surface area contributed by atoms with Gasteiger partial charge >= 0.3 is 0 Å². The SMILES string of the molecule is COc1ccccc1CN1C(=O)C(c2ccccc2)=C(N2CCCC2)C1=O. The van der Waals surface area contributed by atoms with E-state index >= 15 is 0 Å². The summed E-state index contributed by atoms with van der Waals surface area (Å²) in [4.78, 5) is 29.9. The standard InChI is InChI=1S/C22H22N2O3/c1-27-18-12-6-5-11-17(18)15-24-21(25)19(16-9-3-2-4-10-16)20(22(24)26)23-13-7-8-14-23/h2-6,9-12H,7-8,13-15H2,1H3. The van der Waals surface area contributed by atoms with Crippen LogP contribution < -0.4 is 4.74 Å². The van der Waals surface area contributed by atoms with E-state index in [0.29, 0.717) is 17.0 Å². The van der Waals surface area contributed by atoms with Crippen LogP contribution in [0.1, 0.15) is 24.0 Å². The van der Waals surface area contributed by atoms with Gasteiger partial charge in [0.05, 0.1) is 19.2 Å². The van der Waals surface area contributed by atoms with E-state index in [2.05, 4.69) is 4.90 Å². The first-order chi connectivity index (χ1) is 13.2. The average molecular weight is 362 g/mol. The molecule has 0 spiro atoms. The van der Waals surface area contributed by atoms with Gasteiger partial charge in [-0.15, -0.1) is 0 Å². The summed E-state index contributed by atoms with van der Waals surface area (Å²) in [5.74, 6) is 0.222. The lowest BCUT2D eigenvalue weighted by Crippen LogP contribution is -2.34. The summed E-state index contributed by atoms with van der Waals surface area (Å²) in [5.41, 5.74) is 2.66. The third-order valence-corrected chi connectivity index (χ3v) is 5.15. The maximum Gasteiger partial charge on any atom is 0.278 e. The average Bonchev–Trinajstić information content (AvgIpc) is 3.31. The van der Waals surface area contributed by atoms with Crippen LogP contribution in [0.4, 0.5) is 0 Å². The molecule has 0 aliphatic carbocycles. The Labute approximate surface area is 158 Å². The number of likely N-dealkylation sites (tertiary alicyclic amines) is 1. The number of hydrogen-bond donors (Lipinski definition) is 0. The van der Waals surface area contributed by atoms with Crippen molar-refractivity contribution in [3.63, 3.8) is 0 Å². The van der Waals surface area contributed by atoms with E-state index < -0.39 is 0 Å². The summed E-state index contributed by atoms with van der Waals surface area (Å²) >= 11 is 0. The van der Waals surface area contributed by atoms with Gasteiger partial charge in [-0.1, -0.05) is 48.5 Å². The van der Waals surface area contributed by atoms with Crippen LogP contribution in [-0.2, 0) is 16.1 Å². The zero-order valence-electron chi connectivity index (χ0n) is 15.4. The van der Waals surface area contributed by atoms with E-state index in [1.165, 1.54) is 4.90 Å². The van der Waals surface area contributed by atoms with Crippen LogP contribution in [0.25, 0.3) is 5.57 Å². The molecule has 2 aromatic carbocycles. The number of methoxy groups -OCH3 is 1. The van der Waals surface area contributed by atoms with E-state index in [4.69, 9.17) is 4.74 Å². The van der Waals surface area contributed by atoms with Crippen LogP contribution in [-0.4, -0.2) is 41.8 Å². The highest BCUT2D eigenvalue weighted by Crippen LogP contribution is 2.34. The lowest BCUT2D eigenvalue weighted by atomic mass is 10.0. The van der Waals surface area contributed by atoms with Crippen LogP contribution in [0.3, 0.4) is 0 Å².